The first kappa shape index (κ1) is 32.1. The van der Waals surface area contributed by atoms with Crippen LogP contribution in [0.2, 0.25) is 0 Å². The zero-order valence-corrected chi connectivity index (χ0v) is 31.2. The number of nitrogens with zero attached hydrogens (tertiary/aromatic N) is 3. The topological polar surface area (TPSA) is 30.7 Å². The minimum absolute atomic E-state index is 0.720. The maximum Gasteiger partial charge on any atom is 0.160 e. The average Bonchev–Trinajstić information content (AvgIpc) is 3.62. The van der Waals surface area contributed by atoms with Crippen molar-refractivity contribution in [3.8, 4) is 50.7 Å². The summed E-state index contributed by atoms with van der Waals surface area (Å²) in [5.41, 5.74) is 10.9. The van der Waals surface area contributed by atoms with Crippen LogP contribution in [0.15, 0.2) is 208 Å². The average molecular weight is 738 g/mol. The van der Waals surface area contributed by atoms with Crippen LogP contribution < -0.4 is 0 Å². The van der Waals surface area contributed by atoms with E-state index in [9.17, 15) is 0 Å². The predicted octanol–water partition coefficient (Wildman–Crippen LogP) is 14.0. The Morgan fingerprint density at radius 3 is 1.55 bits per heavy atom. The largest absolute Gasteiger partial charge is 0.308 e. The predicted molar refractivity (Wildman–Crippen MR) is 230 cm³/mol. The smallest absolute Gasteiger partial charge is 0.160 e. The number of hydrogen-bond acceptors (Lipinski definition) is 4. The standard InChI is InChI=1S/C50H31N3S2/c1-3-13-34(14-4-1)41-31-42(52-50(51-41)36-15-5-2-6-16-36)35-25-23-32(24-26-35)33-27-29-37(30-28-33)53-43-20-10-9-19-40(43)46-38-17-7-8-18-39(38)48-49(47(46)53)55-45-22-12-11-21-44(45)54-48/h1-31H. The van der Waals surface area contributed by atoms with E-state index in [2.05, 4.69) is 156 Å². The summed E-state index contributed by atoms with van der Waals surface area (Å²) in [7, 11) is 0. The fourth-order valence-electron chi connectivity index (χ4n) is 7.86. The zero-order valence-electron chi connectivity index (χ0n) is 29.6. The highest BCUT2D eigenvalue weighted by Gasteiger charge is 2.27. The molecule has 8 aromatic carbocycles. The van der Waals surface area contributed by atoms with Gasteiger partial charge < -0.3 is 4.57 Å². The van der Waals surface area contributed by atoms with Gasteiger partial charge in [0.05, 0.1) is 27.3 Å². The molecular formula is C50H31N3S2. The third-order valence-corrected chi connectivity index (χ3v) is 13.1. The van der Waals surface area contributed by atoms with Crippen molar-refractivity contribution in [1.29, 1.82) is 0 Å². The SMILES string of the molecule is c1ccc(-c2cc(-c3ccc(-c4ccc(-n5c6ccccc6c6c7ccccc7c7c(c65)Sc5ccccc5S7)cc4)cc3)nc(-c3ccccc3)n2)cc1. The Balaban J connectivity index is 1.00. The molecule has 0 unspecified atom stereocenters. The van der Waals surface area contributed by atoms with Crippen molar-refractivity contribution in [2.75, 3.05) is 0 Å². The molecule has 1 aliphatic rings. The van der Waals surface area contributed by atoms with E-state index in [0.717, 1.165) is 45.2 Å². The summed E-state index contributed by atoms with van der Waals surface area (Å²) in [6, 6.07) is 67.0. The fraction of sp³-hybridized carbons (Fsp3) is 0. The van der Waals surface area contributed by atoms with Crippen LogP contribution in [0, 0.1) is 0 Å². The van der Waals surface area contributed by atoms with E-state index in [-0.39, 0.29) is 0 Å². The van der Waals surface area contributed by atoms with Gasteiger partial charge in [-0.05, 0) is 58.3 Å². The second-order valence-electron chi connectivity index (χ2n) is 13.7. The summed E-state index contributed by atoms with van der Waals surface area (Å²) in [6.45, 7) is 0. The molecule has 0 amide bonds. The van der Waals surface area contributed by atoms with Crippen molar-refractivity contribution < 1.29 is 0 Å². The van der Waals surface area contributed by atoms with Crippen molar-refractivity contribution in [1.82, 2.24) is 14.5 Å². The highest BCUT2D eigenvalue weighted by atomic mass is 32.2. The highest BCUT2D eigenvalue weighted by Crippen LogP contribution is 2.55. The van der Waals surface area contributed by atoms with Crippen LogP contribution in [0.3, 0.4) is 0 Å². The minimum atomic E-state index is 0.720. The Kier molecular flexibility index (Phi) is 7.68. The van der Waals surface area contributed by atoms with Crippen molar-refractivity contribution in [3.05, 3.63) is 188 Å². The van der Waals surface area contributed by atoms with E-state index in [4.69, 9.17) is 9.97 Å². The Morgan fingerprint density at radius 1 is 0.382 bits per heavy atom. The molecule has 0 atom stereocenters. The molecule has 258 valence electrons. The molecule has 55 heavy (non-hydrogen) atoms. The third-order valence-electron chi connectivity index (χ3n) is 10.5. The third kappa shape index (κ3) is 5.46. The van der Waals surface area contributed by atoms with E-state index in [1.165, 1.54) is 57.7 Å². The summed E-state index contributed by atoms with van der Waals surface area (Å²) in [5, 5.41) is 5.20. The monoisotopic (exact) mass is 737 g/mol. The molecule has 0 bridgehead atoms. The molecule has 5 heteroatoms. The van der Waals surface area contributed by atoms with Crippen LogP contribution >= 0.6 is 23.5 Å². The molecule has 0 spiro atoms. The molecule has 0 saturated carbocycles. The lowest BCUT2D eigenvalue weighted by Crippen LogP contribution is -1.99. The summed E-state index contributed by atoms with van der Waals surface area (Å²) in [5.74, 6) is 0.720. The lowest BCUT2D eigenvalue weighted by atomic mass is 10.0. The van der Waals surface area contributed by atoms with Crippen LogP contribution in [0.5, 0.6) is 0 Å². The summed E-state index contributed by atoms with van der Waals surface area (Å²) < 4.78 is 2.48. The Morgan fingerprint density at radius 2 is 0.873 bits per heavy atom. The maximum atomic E-state index is 5.04. The van der Waals surface area contributed by atoms with Gasteiger partial charge in [0.25, 0.3) is 0 Å². The first-order valence-corrected chi connectivity index (χ1v) is 20.0. The molecule has 0 fully saturated rings. The number of aromatic nitrogens is 3. The first-order chi connectivity index (χ1) is 27.3. The van der Waals surface area contributed by atoms with Gasteiger partial charge in [-0.1, -0.05) is 175 Å². The number of para-hydroxylation sites is 1. The van der Waals surface area contributed by atoms with Crippen molar-refractivity contribution in [2.45, 2.75) is 19.6 Å². The number of rotatable bonds is 5. The number of hydrogen-bond donors (Lipinski definition) is 0. The highest BCUT2D eigenvalue weighted by molar-refractivity contribution is 8.05. The van der Waals surface area contributed by atoms with E-state index in [0.29, 0.717) is 0 Å². The molecular weight excluding hydrogens is 707 g/mol. The van der Waals surface area contributed by atoms with Crippen molar-refractivity contribution in [2.24, 2.45) is 0 Å². The fourth-order valence-corrected chi connectivity index (χ4v) is 10.4. The van der Waals surface area contributed by atoms with Gasteiger partial charge in [0.2, 0.25) is 0 Å². The Hall–Kier alpha value is -6.40. The van der Waals surface area contributed by atoms with Gasteiger partial charge in [-0.2, -0.15) is 0 Å². The van der Waals surface area contributed by atoms with Gasteiger partial charge in [0.1, 0.15) is 0 Å². The van der Waals surface area contributed by atoms with E-state index < -0.39 is 0 Å². The van der Waals surface area contributed by atoms with Crippen LogP contribution in [-0.2, 0) is 0 Å². The molecule has 2 aromatic heterocycles. The summed E-state index contributed by atoms with van der Waals surface area (Å²) in [6.07, 6.45) is 0. The van der Waals surface area contributed by atoms with Crippen LogP contribution in [0.4, 0.5) is 0 Å². The minimum Gasteiger partial charge on any atom is -0.308 e. The Bertz CT molecular complexity index is 3010. The van der Waals surface area contributed by atoms with Crippen LogP contribution in [0.1, 0.15) is 0 Å². The second-order valence-corrected chi connectivity index (χ2v) is 15.9. The Labute approximate surface area is 327 Å². The van der Waals surface area contributed by atoms with Gasteiger partial charge in [0, 0.05) is 47.8 Å². The molecule has 10 aromatic rings. The van der Waals surface area contributed by atoms with Gasteiger partial charge >= 0.3 is 0 Å². The van der Waals surface area contributed by atoms with Gasteiger partial charge in [0.15, 0.2) is 5.82 Å². The van der Waals surface area contributed by atoms with Gasteiger partial charge in [-0.3, -0.25) is 0 Å². The lowest BCUT2D eigenvalue weighted by molar-refractivity contribution is 1.12. The normalized spacial score (nSPS) is 12.2. The molecule has 1 aliphatic heterocycles. The molecule has 3 heterocycles. The number of benzene rings is 8. The number of fused-ring (bicyclic) bond motifs is 9. The van der Waals surface area contributed by atoms with Crippen molar-refractivity contribution in [3.63, 3.8) is 0 Å². The van der Waals surface area contributed by atoms with Crippen molar-refractivity contribution >= 4 is 56.1 Å². The van der Waals surface area contributed by atoms with E-state index >= 15 is 0 Å². The van der Waals surface area contributed by atoms with Gasteiger partial charge in [-0.25, -0.2) is 9.97 Å². The van der Waals surface area contributed by atoms with Crippen LogP contribution in [0.25, 0.3) is 83.3 Å². The first-order valence-electron chi connectivity index (χ1n) is 18.4. The molecule has 0 N–H and O–H groups in total. The lowest BCUT2D eigenvalue weighted by Gasteiger charge is -2.22. The molecule has 11 rings (SSSR count). The summed E-state index contributed by atoms with van der Waals surface area (Å²) in [4.78, 5) is 15.3. The van der Waals surface area contributed by atoms with E-state index in [1.807, 2.05) is 59.9 Å². The molecule has 0 radical (unpaired) electrons. The van der Waals surface area contributed by atoms with Gasteiger partial charge in [-0.15, -0.1) is 0 Å². The zero-order chi connectivity index (χ0) is 36.3. The van der Waals surface area contributed by atoms with E-state index in [1.54, 1.807) is 0 Å². The van der Waals surface area contributed by atoms with Crippen LogP contribution in [-0.4, -0.2) is 14.5 Å². The molecule has 3 nitrogen and oxygen atoms in total. The quantitative estimate of drug-likeness (QED) is 0.176. The maximum absolute atomic E-state index is 5.04. The second kappa shape index (κ2) is 13.2. The molecule has 0 saturated heterocycles. The molecule has 0 aliphatic carbocycles. The summed E-state index contributed by atoms with van der Waals surface area (Å²) >= 11 is 3.80.